The number of hydrogen-bond acceptors (Lipinski definition) is 3. The summed E-state index contributed by atoms with van der Waals surface area (Å²) in [5, 5.41) is 3.44. The molecule has 1 N–H and O–H groups in total. The monoisotopic (exact) mass is 376 g/mol. The SMILES string of the molecule is Cc1cccc(-c2nc3cc(NC(=O)c4ccc(C)c(Cl)c4)ccc3o2)c1. The van der Waals surface area contributed by atoms with Gasteiger partial charge in [0.05, 0.1) is 0 Å². The van der Waals surface area contributed by atoms with Crippen LogP contribution >= 0.6 is 11.6 Å². The zero-order valence-corrected chi connectivity index (χ0v) is 15.7. The number of nitrogens with one attached hydrogen (secondary N) is 1. The molecular formula is C22H17ClN2O2. The van der Waals surface area contributed by atoms with E-state index < -0.39 is 0 Å². The van der Waals surface area contributed by atoms with Gasteiger partial charge in [0.2, 0.25) is 5.89 Å². The maximum absolute atomic E-state index is 12.5. The Hall–Kier alpha value is -3.11. The average molecular weight is 377 g/mol. The third kappa shape index (κ3) is 3.57. The van der Waals surface area contributed by atoms with Crippen LogP contribution in [0.3, 0.4) is 0 Å². The normalized spacial score (nSPS) is 10.9. The van der Waals surface area contributed by atoms with Crippen LogP contribution in [0.25, 0.3) is 22.6 Å². The lowest BCUT2D eigenvalue weighted by Gasteiger charge is -2.06. The summed E-state index contributed by atoms with van der Waals surface area (Å²) in [5.41, 5.74) is 5.50. The molecule has 0 saturated heterocycles. The summed E-state index contributed by atoms with van der Waals surface area (Å²) >= 11 is 6.11. The van der Waals surface area contributed by atoms with Gasteiger partial charge >= 0.3 is 0 Å². The van der Waals surface area contributed by atoms with Gasteiger partial charge in [-0.15, -0.1) is 0 Å². The minimum absolute atomic E-state index is 0.223. The minimum atomic E-state index is -0.223. The molecule has 4 nitrogen and oxygen atoms in total. The van der Waals surface area contributed by atoms with E-state index in [1.54, 1.807) is 30.3 Å². The number of oxazole rings is 1. The number of anilines is 1. The highest BCUT2D eigenvalue weighted by Crippen LogP contribution is 2.27. The Labute approximate surface area is 161 Å². The molecule has 0 aliphatic carbocycles. The molecule has 4 rings (SSSR count). The highest BCUT2D eigenvalue weighted by Gasteiger charge is 2.12. The van der Waals surface area contributed by atoms with Gasteiger partial charge in [-0.25, -0.2) is 4.98 Å². The molecule has 3 aromatic carbocycles. The Morgan fingerprint density at radius 3 is 2.67 bits per heavy atom. The van der Waals surface area contributed by atoms with E-state index in [0.29, 0.717) is 33.3 Å². The molecule has 0 aliphatic rings. The van der Waals surface area contributed by atoms with Gasteiger partial charge in [-0.05, 0) is 61.9 Å². The van der Waals surface area contributed by atoms with Crippen molar-refractivity contribution < 1.29 is 9.21 Å². The van der Waals surface area contributed by atoms with Gasteiger partial charge in [0.15, 0.2) is 5.58 Å². The van der Waals surface area contributed by atoms with Gasteiger partial charge in [0, 0.05) is 21.8 Å². The number of amides is 1. The van der Waals surface area contributed by atoms with Crippen molar-refractivity contribution in [2.75, 3.05) is 5.32 Å². The summed E-state index contributed by atoms with van der Waals surface area (Å²) in [6.45, 7) is 3.92. The lowest BCUT2D eigenvalue weighted by Crippen LogP contribution is -2.11. The molecule has 4 aromatic rings. The second-order valence-corrected chi connectivity index (χ2v) is 6.90. The van der Waals surface area contributed by atoms with Crippen LogP contribution in [0, 0.1) is 13.8 Å². The second kappa shape index (κ2) is 6.89. The standard InChI is InChI=1S/C22H17ClN2O2/c1-13-4-3-5-16(10-13)22-25-19-12-17(8-9-20(19)27-22)24-21(26)15-7-6-14(2)18(23)11-15/h3-12H,1-2H3,(H,24,26). The Balaban J connectivity index is 1.61. The molecule has 0 fully saturated rings. The summed E-state index contributed by atoms with van der Waals surface area (Å²) in [4.78, 5) is 17.0. The fourth-order valence-electron chi connectivity index (χ4n) is 2.84. The molecule has 0 radical (unpaired) electrons. The zero-order valence-electron chi connectivity index (χ0n) is 14.9. The Bertz CT molecular complexity index is 1160. The van der Waals surface area contributed by atoms with Crippen molar-refractivity contribution in [1.29, 1.82) is 0 Å². The first-order valence-corrected chi connectivity index (χ1v) is 8.92. The molecule has 27 heavy (non-hydrogen) atoms. The topological polar surface area (TPSA) is 55.1 Å². The van der Waals surface area contributed by atoms with Gasteiger partial charge < -0.3 is 9.73 Å². The minimum Gasteiger partial charge on any atom is -0.436 e. The lowest BCUT2D eigenvalue weighted by atomic mass is 10.1. The number of fused-ring (bicyclic) bond motifs is 1. The van der Waals surface area contributed by atoms with E-state index in [4.69, 9.17) is 16.0 Å². The maximum Gasteiger partial charge on any atom is 0.255 e. The van der Waals surface area contributed by atoms with Crippen LogP contribution in [-0.2, 0) is 0 Å². The van der Waals surface area contributed by atoms with Crippen LogP contribution in [0.5, 0.6) is 0 Å². The highest BCUT2D eigenvalue weighted by molar-refractivity contribution is 6.31. The number of rotatable bonds is 3. The maximum atomic E-state index is 12.5. The Morgan fingerprint density at radius 2 is 1.89 bits per heavy atom. The number of benzene rings is 3. The van der Waals surface area contributed by atoms with E-state index in [1.807, 2.05) is 44.2 Å². The van der Waals surface area contributed by atoms with E-state index >= 15 is 0 Å². The van der Waals surface area contributed by atoms with Gasteiger partial charge in [0.25, 0.3) is 5.91 Å². The Morgan fingerprint density at radius 1 is 1.04 bits per heavy atom. The number of nitrogens with zero attached hydrogens (tertiary/aromatic N) is 1. The van der Waals surface area contributed by atoms with Crippen molar-refractivity contribution in [1.82, 2.24) is 4.98 Å². The van der Waals surface area contributed by atoms with E-state index in [1.165, 1.54) is 0 Å². The van der Waals surface area contributed by atoms with Crippen molar-refractivity contribution in [3.63, 3.8) is 0 Å². The molecule has 0 spiro atoms. The second-order valence-electron chi connectivity index (χ2n) is 6.49. The number of carbonyl (C=O) groups excluding carboxylic acids is 1. The third-order valence-corrected chi connectivity index (χ3v) is 4.75. The molecule has 134 valence electrons. The Kier molecular flexibility index (Phi) is 4.42. The summed E-state index contributed by atoms with van der Waals surface area (Å²) in [6.07, 6.45) is 0. The number of aryl methyl sites for hydroxylation is 2. The summed E-state index contributed by atoms with van der Waals surface area (Å²) < 4.78 is 5.84. The average Bonchev–Trinajstić information content (AvgIpc) is 3.07. The summed E-state index contributed by atoms with van der Waals surface area (Å²) in [6, 6.07) is 18.6. The number of carbonyl (C=O) groups is 1. The van der Waals surface area contributed by atoms with Gasteiger partial charge in [-0.2, -0.15) is 0 Å². The van der Waals surface area contributed by atoms with Crippen LogP contribution in [0.4, 0.5) is 5.69 Å². The van der Waals surface area contributed by atoms with Gasteiger partial charge in [0.1, 0.15) is 5.52 Å². The van der Waals surface area contributed by atoms with Crippen LogP contribution in [0.2, 0.25) is 5.02 Å². The fraction of sp³-hybridized carbons (Fsp3) is 0.0909. The molecule has 0 saturated carbocycles. The quantitative estimate of drug-likeness (QED) is 0.475. The van der Waals surface area contributed by atoms with Crippen LogP contribution in [0.1, 0.15) is 21.5 Å². The molecule has 5 heteroatoms. The molecular weight excluding hydrogens is 360 g/mol. The smallest absolute Gasteiger partial charge is 0.255 e. The van der Waals surface area contributed by atoms with Crippen LogP contribution < -0.4 is 5.32 Å². The highest BCUT2D eigenvalue weighted by atomic mass is 35.5. The van der Waals surface area contributed by atoms with Crippen LogP contribution in [0.15, 0.2) is 65.1 Å². The molecule has 0 aliphatic heterocycles. The molecule has 1 aromatic heterocycles. The zero-order chi connectivity index (χ0) is 19.0. The number of hydrogen-bond donors (Lipinski definition) is 1. The molecule has 0 atom stereocenters. The first kappa shape index (κ1) is 17.3. The predicted octanol–water partition coefficient (Wildman–Crippen LogP) is 6.02. The largest absolute Gasteiger partial charge is 0.436 e. The van der Waals surface area contributed by atoms with Gasteiger partial charge in [-0.3, -0.25) is 4.79 Å². The molecule has 1 heterocycles. The fourth-order valence-corrected chi connectivity index (χ4v) is 3.02. The lowest BCUT2D eigenvalue weighted by molar-refractivity contribution is 0.102. The first-order valence-electron chi connectivity index (χ1n) is 8.55. The predicted molar refractivity (Wildman–Crippen MR) is 108 cm³/mol. The molecule has 0 unspecified atom stereocenters. The van der Waals surface area contributed by atoms with E-state index in [9.17, 15) is 4.79 Å². The third-order valence-electron chi connectivity index (χ3n) is 4.34. The van der Waals surface area contributed by atoms with Gasteiger partial charge in [-0.1, -0.05) is 35.4 Å². The van der Waals surface area contributed by atoms with Crippen molar-refractivity contribution in [3.05, 3.63) is 82.4 Å². The van der Waals surface area contributed by atoms with Crippen molar-refractivity contribution in [3.8, 4) is 11.5 Å². The van der Waals surface area contributed by atoms with E-state index in [2.05, 4.69) is 10.3 Å². The van der Waals surface area contributed by atoms with E-state index in [0.717, 1.165) is 16.7 Å². The number of halogens is 1. The molecule has 1 amide bonds. The number of aromatic nitrogens is 1. The summed E-state index contributed by atoms with van der Waals surface area (Å²) in [7, 11) is 0. The van der Waals surface area contributed by atoms with Crippen LogP contribution in [-0.4, -0.2) is 10.9 Å². The van der Waals surface area contributed by atoms with E-state index in [-0.39, 0.29) is 5.91 Å². The van der Waals surface area contributed by atoms with Crippen molar-refractivity contribution in [2.24, 2.45) is 0 Å². The van der Waals surface area contributed by atoms with Crippen molar-refractivity contribution in [2.45, 2.75) is 13.8 Å². The molecule has 0 bridgehead atoms. The van der Waals surface area contributed by atoms with Crippen molar-refractivity contribution >= 4 is 34.3 Å². The summed E-state index contributed by atoms with van der Waals surface area (Å²) in [5.74, 6) is 0.334. The first-order chi connectivity index (χ1) is 13.0.